The zero-order chi connectivity index (χ0) is 23.0. The van der Waals surface area contributed by atoms with Crippen LogP contribution in [0.4, 0.5) is 18.9 Å². The van der Waals surface area contributed by atoms with Gasteiger partial charge in [0.1, 0.15) is 23.0 Å². The molecule has 0 saturated carbocycles. The van der Waals surface area contributed by atoms with Crippen LogP contribution in [0.1, 0.15) is 40.8 Å². The van der Waals surface area contributed by atoms with Gasteiger partial charge in [0.25, 0.3) is 5.91 Å². The molecule has 3 heterocycles. The number of ether oxygens (including phenoxy) is 1. The Balaban J connectivity index is 1.65. The second-order valence-electron chi connectivity index (χ2n) is 8.01. The number of anilines is 1. The number of carbonyl (C=O) groups excluding carboxylic acids is 1. The Morgan fingerprint density at radius 2 is 1.88 bits per heavy atom. The molecule has 170 valence electrons. The average molecular weight is 447 g/mol. The van der Waals surface area contributed by atoms with E-state index >= 15 is 0 Å². The number of piperidine rings is 1. The molecule has 0 spiro atoms. The van der Waals surface area contributed by atoms with Gasteiger partial charge < -0.3 is 19.5 Å². The number of methoxy groups -OCH3 is 1. The van der Waals surface area contributed by atoms with E-state index in [4.69, 9.17) is 9.72 Å². The third-order valence-electron chi connectivity index (χ3n) is 5.84. The maximum atomic E-state index is 12.9. The summed E-state index contributed by atoms with van der Waals surface area (Å²) in [6, 6.07) is 6.66. The summed E-state index contributed by atoms with van der Waals surface area (Å²) in [5, 5.41) is 2.63. The number of alkyl halides is 3. The number of aryl methyl sites for hydroxylation is 1. The maximum Gasteiger partial charge on any atom is 0.433 e. The van der Waals surface area contributed by atoms with Crippen molar-refractivity contribution in [1.82, 2.24) is 19.4 Å². The summed E-state index contributed by atoms with van der Waals surface area (Å²) in [5.74, 6) is 0.914. The number of benzene rings is 1. The standard InChI is InChI=1S/C22H24F3N5O2/c1-29-9-7-13(8-10-29)20-27-15-12-18(32-3)16(11-17(15)30(20)2)28-21(31)14-5-4-6-19(26-14)22(23,24)25/h4-6,11-13H,7-10H2,1-3H3,(H,28,31). The second-order valence-corrected chi connectivity index (χ2v) is 8.01. The normalized spacial score (nSPS) is 15.8. The van der Waals surface area contributed by atoms with Crippen LogP contribution in [0.3, 0.4) is 0 Å². The molecule has 1 aliphatic rings. The summed E-state index contributed by atoms with van der Waals surface area (Å²) < 4.78 is 46.2. The first-order valence-corrected chi connectivity index (χ1v) is 10.3. The molecule has 7 nitrogen and oxygen atoms in total. The molecule has 32 heavy (non-hydrogen) atoms. The Labute approximate surface area is 183 Å². The smallest absolute Gasteiger partial charge is 0.433 e. The molecule has 0 atom stereocenters. The SMILES string of the molecule is COc1cc2nc(C3CCN(C)CC3)n(C)c2cc1NC(=O)c1cccc(C(F)(F)F)n1. The van der Waals surface area contributed by atoms with Gasteiger partial charge in [0.15, 0.2) is 0 Å². The van der Waals surface area contributed by atoms with Crippen LogP contribution >= 0.6 is 0 Å². The molecule has 3 aromatic rings. The maximum absolute atomic E-state index is 12.9. The number of rotatable bonds is 4. The Hall–Kier alpha value is -3.14. The van der Waals surface area contributed by atoms with Gasteiger partial charge in [-0.25, -0.2) is 9.97 Å². The number of imidazole rings is 1. The van der Waals surface area contributed by atoms with Crippen LogP contribution in [0.25, 0.3) is 11.0 Å². The van der Waals surface area contributed by atoms with Crippen LogP contribution in [0.5, 0.6) is 5.75 Å². The van der Waals surface area contributed by atoms with E-state index in [1.165, 1.54) is 13.2 Å². The highest BCUT2D eigenvalue weighted by molar-refractivity contribution is 6.04. The molecule has 1 amide bonds. The van der Waals surface area contributed by atoms with E-state index < -0.39 is 17.8 Å². The molecule has 1 fully saturated rings. The molecular formula is C22H24F3N5O2. The number of likely N-dealkylation sites (tertiary alicyclic amines) is 1. The quantitative estimate of drug-likeness (QED) is 0.653. The molecule has 1 saturated heterocycles. The number of fused-ring (bicyclic) bond motifs is 1. The Morgan fingerprint density at radius 3 is 2.53 bits per heavy atom. The van der Waals surface area contributed by atoms with Crippen LogP contribution in [0.15, 0.2) is 30.3 Å². The van der Waals surface area contributed by atoms with Crippen molar-refractivity contribution in [3.05, 3.63) is 47.5 Å². The Morgan fingerprint density at radius 1 is 1.16 bits per heavy atom. The molecule has 4 rings (SSSR count). The van der Waals surface area contributed by atoms with Crippen LogP contribution in [0, 0.1) is 0 Å². The fourth-order valence-corrected chi connectivity index (χ4v) is 4.04. The summed E-state index contributed by atoms with van der Waals surface area (Å²) in [7, 11) is 5.49. The van der Waals surface area contributed by atoms with Gasteiger partial charge in [-0.1, -0.05) is 6.07 Å². The topological polar surface area (TPSA) is 72.3 Å². The second kappa shape index (κ2) is 8.42. The molecule has 1 aliphatic heterocycles. The molecule has 0 unspecified atom stereocenters. The zero-order valence-corrected chi connectivity index (χ0v) is 18.0. The minimum Gasteiger partial charge on any atom is -0.494 e. The van der Waals surface area contributed by atoms with E-state index in [0.717, 1.165) is 54.9 Å². The predicted octanol–water partition coefficient (Wildman–Crippen LogP) is 4.06. The van der Waals surface area contributed by atoms with E-state index in [9.17, 15) is 18.0 Å². The number of nitrogens with zero attached hydrogens (tertiary/aromatic N) is 4. The third kappa shape index (κ3) is 4.27. The summed E-state index contributed by atoms with van der Waals surface area (Å²) in [6.07, 6.45) is -2.61. The Bertz CT molecular complexity index is 1150. The van der Waals surface area contributed by atoms with Crippen LogP contribution in [-0.2, 0) is 13.2 Å². The molecule has 10 heteroatoms. The van der Waals surface area contributed by atoms with Gasteiger partial charge in [-0.05, 0) is 51.2 Å². The van der Waals surface area contributed by atoms with Gasteiger partial charge in [-0.2, -0.15) is 13.2 Å². The average Bonchev–Trinajstić information content (AvgIpc) is 3.08. The van der Waals surface area contributed by atoms with Gasteiger partial charge in [0.05, 0.1) is 23.8 Å². The van der Waals surface area contributed by atoms with Crippen molar-refractivity contribution in [2.45, 2.75) is 24.9 Å². The number of halogens is 3. The van der Waals surface area contributed by atoms with Crippen molar-refractivity contribution in [3.8, 4) is 5.75 Å². The monoisotopic (exact) mass is 447 g/mol. The van der Waals surface area contributed by atoms with Crippen LogP contribution < -0.4 is 10.1 Å². The van der Waals surface area contributed by atoms with Gasteiger partial charge in [-0.3, -0.25) is 4.79 Å². The lowest BCUT2D eigenvalue weighted by Gasteiger charge is -2.28. The highest BCUT2D eigenvalue weighted by atomic mass is 19.4. The van der Waals surface area contributed by atoms with E-state index in [1.54, 1.807) is 12.1 Å². The van der Waals surface area contributed by atoms with Crippen LogP contribution in [-0.4, -0.2) is 52.6 Å². The van der Waals surface area contributed by atoms with Crippen molar-refractivity contribution in [2.75, 3.05) is 32.6 Å². The summed E-state index contributed by atoms with van der Waals surface area (Å²) >= 11 is 0. The lowest BCUT2D eigenvalue weighted by atomic mass is 9.96. The first-order valence-electron chi connectivity index (χ1n) is 10.3. The number of carbonyl (C=O) groups is 1. The number of pyridine rings is 1. The minimum atomic E-state index is -4.63. The molecule has 0 radical (unpaired) electrons. The lowest BCUT2D eigenvalue weighted by molar-refractivity contribution is -0.141. The predicted molar refractivity (Wildman–Crippen MR) is 114 cm³/mol. The van der Waals surface area contributed by atoms with Crippen molar-refractivity contribution < 1.29 is 22.7 Å². The van der Waals surface area contributed by atoms with Gasteiger partial charge in [0.2, 0.25) is 0 Å². The molecule has 0 bridgehead atoms. The lowest BCUT2D eigenvalue weighted by Crippen LogP contribution is -2.30. The summed E-state index contributed by atoms with van der Waals surface area (Å²) in [6.45, 7) is 2.00. The van der Waals surface area contributed by atoms with Crippen molar-refractivity contribution in [2.24, 2.45) is 7.05 Å². The van der Waals surface area contributed by atoms with Crippen molar-refractivity contribution in [3.63, 3.8) is 0 Å². The fraction of sp³-hybridized carbons (Fsp3) is 0.409. The van der Waals surface area contributed by atoms with Crippen LogP contribution in [0.2, 0.25) is 0 Å². The van der Waals surface area contributed by atoms with E-state index in [2.05, 4.69) is 22.2 Å². The van der Waals surface area contributed by atoms with Gasteiger partial charge in [-0.15, -0.1) is 0 Å². The summed E-state index contributed by atoms with van der Waals surface area (Å²) in [4.78, 5) is 23.2. The van der Waals surface area contributed by atoms with Crippen molar-refractivity contribution in [1.29, 1.82) is 0 Å². The highest BCUT2D eigenvalue weighted by Crippen LogP contribution is 2.34. The zero-order valence-electron chi connectivity index (χ0n) is 18.0. The molecule has 1 N–H and O–H groups in total. The number of aromatic nitrogens is 3. The molecule has 1 aromatic carbocycles. The van der Waals surface area contributed by atoms with Crippen molar-refractivity contribution >= 4 is 22.6 Å². The van der Waals surface area contributed by atoms with E-state index in [-0.39, 0.29) is 5.69 Å². The fourth-order valence-electron chi connectivity index (χ4n) is 4.04. The number of hydrogen-bond donors (Lipinski definition) is 1. The first kappa shape index (κ1) is 22.1. The molecule has 2 aromatic heterocycles. The minimum absolute atomic E-state index is 0.334. The Kier molecular flexibility index (Phi) is 5.81. The van der Waals surface area contributed by atoms with E-state index in [0.29, 0.717) is 17.4 Å². The number of amides is 1. The molecular weight excluding hydrogens is 423 g/mol. The third-order valence-corrected chi connectivity index (χ3v) is 5.84. The molecule has 0 aliphatic carbocycles. The largest absolute Gasteiger partial charge is 0.494 e. The van der Waals surface area contributed by atoms with Gasteiger partial charge in [0, 0.05) is 19.0 Å². The first-order chi connectivity index (χ1) is 15.2. The van der Waals surface area contributed by atoms with E-state index in [1.807, 2.05) is 11.6 Å². The summed E-state index contributed by atoms with van der Waals surface area (Å²) in [5.41, 5.74) is 0.406. The highest BCUT2D eigenvalue weighted by Gasteiger charge is 2.33. The van der Waals surface area contributed by atoms with Gasteiger partial charge >= 0.3 is 6.18 Å². The number of nitrogens with one attached hydrogen (secondary N) is 1. The number of hydrogen-bond acceptors (Lipinski definition) is 5.